The Balaban J connectivity index is 1.49. The van der Waals surface area contributed by atoms with Crippen molar-refractivity contribution in [1.82, 2.24) is 4.98 Å². The standard InChI is InChI=1S/C26H32ClN3O/c1-3-4-5-6-7-8-9-18-31-23-13-10-21(11-14-23)20(2)29-30-25-16-17-28-26-19-22(27)12-15-24(25)26/h10-17,19H,3-9,18H2,1-2H3,(H,28,30)/b29-20+. The number of hydrogen-bond acceptors (Lipinski definition) is 4. The summed E-state index contributed by atoms with van der Waals surface area (Å²) in [7, 11) is 0. The lowest BCUT2D eigenvalue weighted by atomic mass is 10.1. The molecule has 3 aromatic rings. The van der Waals surface area contributed by atoms with E-state index in [4.69, 9.17) is 16.3 Å². The van der Waals surface area contributed by atoms with Crippen molar-refractivity contribution >= 4 is 33.9 Å². The van der Waals surface area contributed by atoms with Crippen LogP contribution >= 0.6 is 11.6 Å². The highest BCUT2D eigenvalue weighted by Crippen LogP contribution is 2.24. The van der Waals surface area contributed by atoms with Crippen LogP contribution in [0.1, 0.15) is 64.4 Å². The molecule has 1 aromatic heterocycles. The van der Waals surface area contributed by atoms with E-state index in [9.17, 15) is 0 Å². The van der Waals surface area contributed by atoms with Crippen LogP contribution in [0, 0.1) is 0 Å². The van der Waals surface area contributed by atoms with Crippen molar-refractivity contribution in [1.29, 1.82) is 0 Å². The first kappa shape index (κ1) is 23.1. The first-order valence-electron chi connectivity index (χ1n) is 11.2. The zero-order valence-electron chi connectivity index (χ0n) is 18.5. The predicted octanol–water partition coefficient (Wildman–Crippen LogP) is 7.85. The lowest BCUT2D eigenvalue weighted by molar-refractivity contribution is 0.304. The van der Waals surface area contributed by atoms with E-state index in [-0.39, 0.29) is 0 Å². The molecule has 164 valence electrons. The largest absolute Gasteiger partial charge is 0.494 e. The Morgan fingerprint density at radius 1 is 0.968 bits per heavy atom. The third-order valence-electron chi connectivity index (χ3n) is 5.34. The Kier molecular flexibility index (Phi) is 9.16. The fourth-order valence-corrected chi connectivity index (χ4v) is 3.64. The molecule has 0 saturated heterocycles. The van der Waals surface area contributed by atoms with Crippen molar-refractivity contribution in [3.8, 4) is 5.75 Å². The van der Waals surface area contributed by atoms with Crippen molar-refractivity contribution in [2.45, 2.75) is 58.8 Å². The van der Waals surface area contributed by atoms with Gasteiger partial charge >= 0.3 is 0 Å². The van der Waals surface area contributed by atoms with Crippen LogP contribution in [0.2, 0.25) is 5.02 Å². The number of aromatic nitrogens is 1. The number of anilines is 1. The summed E-state index contributed by atoms with van der Waals surface area (Å²) in [5.41, 5.74) is 6.85. The fourth-order valence-electron chi connectivity index (χ4n) is 3.47. The number of hydrazone groups is 1. The molecule has 1 heterocycles. The zero-order chi connectivity index (χ0) is 21.9. The van der Waals surface area contributed by atoms with Crippen molar-refractivity contribution in [2.24, 2.45) is 5.10 Å². The second kappa shape index (κ2) is 12.3. The number of pyridine rings is 1. The second-order valence-corrected chi connectivity index (χ2v) is 8.26. The van der Waals surface area contributed by atoms with Crippen LogP contribution in [0.5, 0.6) is 5.75 Å². The summed E-state index contributed by atoms with van der Waals surface area (Å²) < 4.78 is 5.88. The van der Waals surface area contributed by atoms with E-state index in [0.29, 0.717) is 5.02 Å². The lowest BCUT2D eigenvalue weighted by Crippen LogP contribution is -2.01. The molecule has 0 atom stereocenters. The Labute approximate surface area is 190 Å². The topological polar surface area (TPSA) is 46.5 Å². The lowest BCUT2D eigenvalue weighted by Gasteiger charge is -2.09. The van der Waals surface area contributed by atoms with Gasteiger partial charge < -0.3 is 4.74 Å². The maximum atomic E-state index is 6.06. The van der Waals surface area contributed by atoms with E-state index >= 15 is 0 Å². The van der Waals surface area contributed by atoms with Gasteiger partial charge in [0.1, 0.15) is 5.75 Å². The van der Waals surface area contributed by atoms with Gasteiger partial charge in [-0.1, -0.05) is 57.0 Å². The third kappa shape index (κ3) is 7.25. The molecule has 0 saturated carbocycles. The summed E-state index contributed by atoms with van der Waals surface area (Å²) in [6.07, 6.45) is 10.8. The molecule has 2 aromatic carbocycles. The first-order valence-corrected chi connectivity index (χ1v) is 11.6. The van der Waals surface area contributed by atoms with Crippen LogP contribution in [0.25, 0.3) is 10.9 Å². The van der Waals surface area contributed by atoms with Crippen LogP contribution in [0.4, 0.5) is 5.69 Å². The number of nitrogens with one attached hydrogen (secondary N) is 1. The van der Waals surface area contributed by atoms with Gasteiger partial charge in [-0.05, 0) is 67.4 Å². The monoisotopic (exact) mass is 437 g/mol. The molecule has 0 radical (unpaired) electrons. The SMILES string of the molecule is CCCCCCCCCOc1ccc(/C(C)=N/Nc2ccnc3cc(Cl)ccc23)cc1. The minimum atomic E-state index is 0.672. The summed E-state index contributed by atoms with van der Waals surface area (Å²) in [4.78, 5) is 4.36. The average Bonchev–Trinajstić information content (AvgIpc) is 2.79. The number of nitrogens with zero attached hydrogens (tertiary/aromatic N) is 2. The van der Waals surface area contributed by atoms with E-state index in [1.54, 1.807) is 6.20 Å². The van der Waals surface area contributed by atoms with Crippen molar-refractivity contribution in [3.05, 3.63) is 65.3 Å². The Bertz CT molecular complexity index is 986. The van der Waals surface area contributed by atoms with Gasteiger partial charge in [0, 0.05) is 16.6 Å². The smallest absolute Gasteiger partial charge is 0.119 e. The molecule has 5 heteroatoms. The molecule has 0 fully saturated rings. The molecule has 0 unspecified atom stereocenters. The first-order chi connectivity index (χ1) is 15.2. The molecule has 0 bridgehead atoms. The number of benzene rings is 2. The number of rotatable bonds is 12. The number of hydrogen-bond donors (Lipinski definition) is 1. The maximum absolute atomic E-state index is 6.06. The number of unbranched alkanes of at least 4 members (excludes halogenated alkanes) is 6. The van der Waals surface area contributed by atoms with Gasteiger partial charge in [0.25, 0.3) is 0 Å². The molecular weight excluding hydrogens is 406 g/mol. The minimum absolute atomic E-state index is 0.672. The normalized spacial score (nSPS) is 11.6. The van der Waals surface area contributed by atoms with Gasteiger partial charge in [-0.25, -0.2) is 0 Å². The highest BCUT2D eigenvalue weighted by Gasteiger charge is 2.03. The van der Waals surface area contributed by atoms with Crippen LogP contribution in [0.3, 0.4) is 0 Å². The Morgan fingerprint density at radius 3 is 2.48 bits per heavy atom. The van der Waals surface area contributed by atoms with E-state index < -0.39 is 0 Å². The second-order valence-electron chi connectivity index (χ2n) is 7.82. The summed E-state index contributed by atoms with van der Waals surface area (Å²) >= 11 is 6.06. The quantitative estimate of drug-likeness (QED) is 0.178. The van der Waals surface area contributed by atoms with Crippen LogP contribution in [-0.4, -0.2) is 17.3 Å². The molecule has 0 amide bonds. The summed E-state index contributed by atoms with van der Waals surface area (Å²) in [5.74, 6) is 0.910. The maximum Gasteiger partial charge on any atom is 0.119 e. The van der Waals surface area contributed by atoms with E-state index in [1.807, 2.05) is 55.5 Å². The van der Waals surface area contributed by atoms with E-state index in [0.717, 1.165) is 46.6 Å². The van der Waals surface area contributed by atoms with Crippen LogP contribution < -0.4 is 10.2 Å². The fraction of sp³-hybridized carbons (Fsp3) is 0.385. The van der Waals surface area contributed by atoms with Gasteiger partial charge in [-0.3, -0.25) is 10.4 Å². The van der Waals surface area contributed by atoms with Crippen molar-refractivity contribution < 1.29 is 4.74 Å². The number of ether oxygens (including phenoxy) is 1. The Morgan fingerprint density at radius 2 is 1.71 bits per heavy atom. The van der Waals surface area contributed by atoms with Gasteiger partial charge in [0.05, 0.1) is 23.5 Å². The molecule has 4 nitrogen and oxygen atoms in total. The predicted molar refractivity (Wildman–Crippen MR) is 133 cm³/mol. The summed E-state index contributed by atoms with van der Waals surface area (Å²) in [6.45, 7) is 5.02. The highest BCUT2D eigenvalue weighted by atomic mass is 35.5. The highest BCUT2D eigenvalue weighted by molar-refractivity contribution is 6.31. The molecule has 0 aliphatic carbocycles. The molecular formula is C26H32ClN3O. The zero-order valence-corrected chi connectivity index (χ0v) is 19.3. The van der Waals surface area contributed by atoms with Gasteiger partial charge in [-0.2, -0.15) is 5.10 Å². The molecule has 0 spiro atoms. The summed E-state index contributed by atoms with van der Waals surface area (Å²) in [5, 5.41) is 6.21. The van der Waals surface area contributed by atoms with Crippen molar-refractivity contribution in [3.63, 3.8) is 0 Å². The van der Waals surface area contributed by atoms with Crippen LogP contribution in [0.15, 0.2) is 59.8 Å². The third-order valence-corrected chi connectivity index (χ3v) is 5.57. The van der Waals surface area contributed by atoms with E-state index in [1.165, 1.54) is 38.5 Å². The molecule has 0 aliphatic rings. The molecule has 3 rings (SSSR count). The number of fused-ring (bicyclic) bond motifs is 1. The molecule has 1 N–H and O–H groups in total. The van der Waals surface area contributed by atoms with Gasteiger partial charge in [0.2, 0.25) is 0 Å². The Hall–Kier alpha value is -2.59. The van der Waals surface area contributed by atoms with Gasteiger partial charge in [-0.15, -0.1) is 0 Å². The number of halogens is 1. The van der Waals surface area contributed by atoms with Gasteiger partial charge in [0.15, 0.2) is 0 Å². The van der Waals surface area contributed by atoms with E-state index in [2.05, 4.69) is 22.4 Å². The average molecular weight is 438 g/mol. The van der Waals surface area contributed by atoms with Crippen LogP contribution in [-0.2, 0) is 0 Å². The minimum Gasteiger partial charge on any atom is -0.494 e. The molecule has 31 heavy (non-hydrogen) atoms. The summed E-state index contributed by atoms with van der Waals surface area (Å²) in [6, 6.07) is 15.7. The molecule has 0 aliphatic heterocycles. The van der Waals surface area contributed by atoms with Crippen molar-refractivity contribution in [2.75, 3.05) is 12.0 Å².